The maximum Gasteiger partial charge on any atom is 0.234 e. The van der Waals surface area contributed by atoms with Crippen LogP contribution in [-0.4, -0.2) is 24.9 Å². The first-order valence-corrected chi connectivity index (χ1v) is 9.74. The molecule has 4 atom stereocenters. The molecule has 0 radical (unpaired) electrons. The second-order valence-electron chi connectivity index (χ2n) is 7.91. The average molecular weight is 360 g/mol. The van der Waals surface area contributed by atoms with E-state index in [0.717, 1.165) is 18.4 Å². The molecule has 4 N–H and O–H groups in total. The molecule has 1 aliphatic rings. The van der Waals surface area contributed by atoms with E-state index >= 15 is 0 Å². The first kappa shape index (κ1) is 20.4. The Kier molecular flexibility index (Phi) is 7.64. The van der Waals surface area contributed by atoms with Gasteiger partial charge in [0.25, 0.3) is 0 Å². The predicted octanol–water partition coefficient (Wildman–Crippen LogP) is 2.63. The lowest BCUT2D eigenvalue weighted by Gasteiger charge is -2.36. The summed E-state index contributed by atoms with van der Waals surface area (Å²) in [5.41, 5.74) is 6.40. The van der Waals surface area contributed by atoms with Crippen molar-refractivity contribution in [1.82, 2.24) is 10.6 Å². The van der Waals surface area contributed by atoms with Gasteiger partial charge in [0.1, 0.15) is 0 Å². The zero-order chi connectivity index (χ0) is 19.1. The number of amides is 2. The summed E-state index contributed by atoms with van der Waals surface area (Å²) in [6.45, 7) is 6.95. The largest absolute Gasteiger partial charge is 0.353 e. The Labute approximate surface area is 157 Å². The van der Waals surface area contributed by atoms with Gasteiger partial charge in [-0.2, -0.15) is 0 Å². The normalized spacial score (nSPS) is 24.1. The minimum Gasteiger partial charge on any atom is -0.353 e. The molecule has 2 rings (SSSR count). The van der Waals surface area contributed by atoms with E-state index in [-0.39, 0.29) is 30.3 Å². The number of benzene rings is 1. The molecular formula is C21H33N3O2. The van der Waals surface area contributed by atoms with E-state index in [1.807, 2.05) is 30.3 Å². The van der Waals surface area contributed by atoms with E-state index in [2.05, 4.69) is 31.4 Å². The van der Waals surface area contributed by atoms with E-state index in [1.165, 1.54) is 6.42 Å². The summed E-state index contributed by atoms with van der Waals surface area (Å²) in [7, 11) is 0. The molecule has 0 bridgehead atoms. The second kappa shape index (κ2) is 9.72. The number of hydrogen-bond donors (Lipinski definition) is 3. The Morgan fingerprint density at radius 2 is 1.88 bits per heavy atom. The Morgan fingerprint density at radius 3 is 2.50 bits per heavy atom. The Hall–Kier alpha value is -1.88. The number of carbonyl (C=O) groups excluding carboxylic acids is 2. The van der Waals surface area contributed by atoms with Crippen molar-refractivity contribution in [3.63, 3.8) is 0 Å². The topological polar surface area (TPSA) is 84.2 Å². The molecule has 0 aliphatic heterocycles. The van der Waals surface area contributed by atoms with Gasteiger partial charge in [0, 0.05) is 12.5 Å². The lowest BCUT2D eigenvalue weighted by atomic mass is 9.70. The van der Waals surface area contributed by atoms with Crippen molar-refractivity contribution < 1.29 is 9.59 Å². The van der Waals surface area contributed by atoms with Crippen molar-refractivity contribution in [3.05, 3.63) is 35.9 Å². The highest BCUT2D eigenvalue weighted by molar-refractivity contribution is 5.80. The van der Waals surface area contributed by atoms with E-state index in [9.17, 15) is 9.59 Å². The van der Waals surface area contributed by atoms with Crippen LogP contribution in [0.5, 0.6) is 0 Å². The van der Waals surface area contributed by atoms with Gasteiger partial charge >= 0.3 is 0 Å². The average Bonchev–Trinajstić information content (AvgIpc) is 2.64. The summed E-state index contributed by atoms with van der Waals surface area (Å²) >= 11 is 0. The van der Waals surface area contributed by atoms with Crippen molar-refractivity contribution in [2.45, 2.75) is 46.1 Å². The summed E-state index contributed by atoms with van der Waals surface area (Å²) in [5.74, 6) is 1.46. The maximum absolute atomic E-state index is 12.9. The SMILES string of the molecule is CC(C)[C@@H]1CC[C@@H](C)C[C@H]1C(=O)NCC(NC(=O)CN)c1ccccc1. The van der Waals surface area contributed by atoms with Gasteiger partial charge in [0.15, 0.2) is 0 Å². The molecule has 2 amide bonds. The van der Waals surface area contributed by atoms with Crippen LogP contribution < -0.4 is 16.4 Å². The number of hydrogen-bond acceptors (Lipinski definition) is 3. The Bertz CT molecular complexity index is 588. The lowest BCUT2D eigenvalue weighted by Crippen LogP contribution is -2.44. The fourth-order valence-corrected chi connectivity index (χ4v) is 4.03. The molecule has 0 spiro atoms. The van der Waals surface area contributed by atoms with Crippen molar-refractivity contribution in [2.75, 3.05) is 13.1 Å². The molecule has 1 aliphatic carbocycles. The van der Waals surface area contributed by atoms with Crippen molar-refractivity contribution >= 4 is 11.8 Å². The molecule has 26 heavy (non-hydrogen) atoms. The first-order valence-electron chi connectivity index (χ1n) is 9.74. The summed E-state index contributed by atoms with van der Waals surface area (Å²) < 4.78 is 0. The monoisotopic (exact) mass is 359 g/mol. The molecule has 1 saturated carbocycles. The molecule has 1 fully saturated rings. The van der Waals surface area contributed by atoms with Crippen LogP contribution in [0, 0.1) is 23.7 Å². The van der Waals surface area contributed by atoms with Crippen molar-refractivity contribution in [3.8, 4) is 0 Å². The van der Waals surface area contributed by atoms with Gasteiger partial charge in [-0.15, -0.1) is 0 Å². The molecule has 5 heteroatoms. The molecule has 1 aromatic carbocycles. The van der Waals surface area contributed by atoms with Crippen LogP contribution in [0.2, 0.25) is 0 Å². The van der Waals surface area contributed by atoms with Gasteiger partial charge in [0.05, 0.1) is 12.6 Å². The third-order valence-electron chi connectivity index (χ3n) is 5.56. The van der Waals surface area contributed by atoms with Gasteiger partial charge in [-0.3, -0.25) is 9.59 Å². The van der Waals surface area contributed by atoms with Crippen LogP contribution in [0.15, 0.2) is 30.3 Å². The molecule has 5 nitrogen and oxygen atoms in total. The summed E-state index contributed by atoms with van der Waals surface area (Å²) in [6.07, 6.45) is 3.26. The zero-order valence-corrected chi connectivity index (χ0v) is 16.2. The first-order chi connectivity index (χ1) is 12.4. The summed E-state index contributed by atoms with van der Waals surface area (Å²) in [4.78, 5) is 24.7. The molecule has 0 aromatic heterocycles. The van der Waals surface area contributed by atoms with E-state index < -0.39 is 0 Å². The van der Waals surface area contributed by atoms with Gasteiger partial charge in [-0.25, -0.2) is 0 Å². The highest BCUT2D eigenvalue weighted by Gasteiger charge is 2.35. The zero-order valence-electron chi connectivity index (χ0n) is 16.2. The van der Waals surface area contributed by atoms with E-state index in [1.54, 1.807) is 0 Å². The Balaban J connectivity index is 2.04. The van der Waals surface area contributed by atoms with Crippen LogP contribution >= 0.6 is 0 Å². The van der Waals surface area contributed by atoms with Crippen LogP contribution in [0.3, 0.4) is 0 Å². The quantitative estimate of drug-likeness (QED) is 0.700. The molecule has 0 heterocycles. The number of nitrogens with one attached hydrogen (secondary N) is 2. The standard InChI is InChI=1S/C21H33N3O2/c1-14(2)17-10-9-15(3)11-18(17)21(26)23-13-19(24-20(25)12-22)16-7-5-4-6-8-16/h4-8,14-15,17-19H,9-13,22H2,1-3H3,(H,23,26)(H,24,25)/t15-,17+,18-,19?/m1/s1. The van der Waals surface area contributed by atoms with Crippen LogP contribution in [0.4, 0.5) is 0 Å². The number of nitrogens with two attached hydrogens (primary N) is 1. The third-order valence-corrected chi connectivity index (χ3v) is 5.56. The third kappa shape index (κ3) is 5.56. The van der Waals surface area contributed by atoms with E-state index in [0.29, 0.717) is 24.3 Å². The van der Waals surface area contributed by atoms with E-state index in [4.69, 9.17) is 5.73 Å². The fourth-order valence-electron chi connectivity index (χ4n) is 4.03. The van der Waals surface area contributed by atoms with Crippen molar-refractivity contribution in [1.29, 1.82) is 0 Å². The van der Waals surface area contributed by atoms with Gasteiger partial charge < -0.3 is 16.4 Å². The minimum atomic E-state index is -0.269. The molecule has 144 valence electrons. The number of rotatable bonds is 7. The predicted molar refractivity (Wildman–Crippen MR) is 104 cm³/mol. The Morgan fingerprint density at radius 1 is 1.19 bits per heavy atom. The molecule has 1 unspecified atom stereocenters. The van der Waals surface area contributed by atoms with Crippen molar-refractivity contribution in [2.24, 2.45) is 29.4 Å². The van der Waals surface area contributed by atoms with Crippen LogP contribution in [0.25, 0.3) is 0 Å². The molecular weight excluding hydrogens is 326 g/mol. The highest BCUT2D eigenvalue weighted by Crippen LogP contribution is 2.38. The van der Waals surface area contributed by atoms with Crippen LogP contribution in [-0.2, 0) is 9.59 Å². The van der Waals surface area contributed by atoms with Gasteiger partial charge in [-0.1, -0.05) is 57.5 Å². The van der Waals surface area contributed by atoms with Gasteiger partial charge in [0.2, 0.25) is 11.8 Å². The van der Waals surface area contributed by atoms with Crippen LogP contribution in [0.1, 0.15) is 51.6 Å². The lowest BCUT2D eigenvalue weighted by molar-refractivity contribution is -0.129. The second-order valence-corrected chi connectivity index (χ2v) is 7.91. The highest BCUT2D eigenvalue weighted by atomic mass is 16.2. The smallest absolute Gasteiger partial charge is 0.234 e. The summed E-state index contributed by atoms with van der Waals surface area (Å²) in [5, 5.41) is 6.00. The summed E-state index contributed by atoms with van der Waals surface area (Å²) in [6, 6.07) is 9.42. The minimum absolute atomic E-state index is 0.0559. The molecule has 0 saturated heterocycles. The molecule has 1 aromatic rings. The van der Waals surface area contributed by atoms with Gasteiger partial charge in [-0.05, 0) is 36.2 Å². The maximum atomic E-state index is 12.9. The number of carbonyl (C=O) groups is 2. The fraction of sp³-hybridized carbons (Fsp3) is 0.619.